The molecule has 1 atom stereocenters. The van der Waals surface area contributed by atoms with Gasteiger partial charge in [-0.3, -0.25) is 9.59 Å². The fourth-order valence-electron chi connectivity index (χ4n) is 3.22. The molecule has 0 saturated heterocycles. The van der Waals surface area contributed by atoms with Gasteiger partial charge in [-0.2, -0.15) is 0 Å². The Labute approximate surface area is 177 Å². The zero-order valence-corrected chi connectivity index (χ0v) is 18.4. The van der Waals surface area contributed by atoms with Crippen LogP contribution in [0.15, 0.2) is 35.7 Å². The summed E-state index contributed by atoms with van der Waals surface area (Å²) < 4.78 is 0. The second-order valence-corrected chi connectivity index (χ2v) is 8.35. The predicted molar refractivity (Wildman–Crippen MR) is 119 cm³/mol. The molecule has 0 saturated carbocycles. The quantitative estimate of drug-likeness (QED) is 0.498. The Morgan fingerprint density at radius 2 is 1.86 bits per heavy atom. The molecule has 0 spiro atoms. The highest BCUT2D eigenvalue weighted by Gasteiger charge is 2.16. The molecule has 0 radical (unpaired) electrons. The van der Waals surface area contributed by atoms with Crippen molar-refractivity contribution >= 4 is 23.2 Å². The molecule has 0 aliphatic rings. The van der Waals surface area contributed by atoms with E-state index in [0.717, 1.165) is 40.8 Å². The molecule has 1 aromatic carbocycles. The Balaban J connectivity index is 1.96. The van der Waals surface area contributed by atoms with Gasteiger partial charge < -0.3 is 15.3 Å². The number of hydrogen-bond acceptors (Lipinski definition) is 4. The molecule has 0 aliphatic heterocycles. The molecule has 0 bridgehead atoms. The van der Waals surface area contributed by atoms with E-state index in [-0.39, 0.29) is 5.91 Å². The monoisotopic (exact) mass is 416 g/mol. The molecule has 0 fully saturated rings. The van der Waals surface area contributed by atoms with Gasteiger partial charge in [-0.15, -0.1) is 11.3 Å². The maximum absolute atomic E-state index is 12.2. The summed E-state index contributed by atoms with van der Waals surface area (Å²) in [7, 11) is 1.87. The normalized spacial score (nSPS) is 12.0. The van der Waals surface area contributed by atoms with Crippen LogP contribution >= 0.6 is 11.3 Å². The van der Waals surface area contributed by atoms with Crippen molar-refractivity contribution in [3.05, 3.63) is 46.2 Å². The molecule has 158 valence electrons. The lowest BCUT2D eigenvalue weighted by Crippen LogP contribution is -2.38. The number of unbranched alkanes of at least 4 members (excludes halogenated alkanes) is 2. The lowest BCUT2D eigenvalue weighted by molar-refractivity contribution is -0.139. The van der Waals surface area contributed by atoms with Crippen molar-refractivity contribution in [1.29, 1.82) is 0 Å². The van der Waals surface area contributed by atoms with Gasteiger partial charge in [0.25, 0.3) is 0 Å². The average Bonchev–Trinajstić information content (AvgIpc) is 3.16. The van der Waals surface area contributed by atoms with Crippen molar-refractivity contribution in [2.75, 3.05) is 13.6 Å². The number of carboxylic acids is 1. The Morgan fingerprint density at radius 1 is 1.14 bits per heavy atom. The van der Waals surface area contributed by atoms with E-state index in [1.54, 1.807) is 16.2 Å². The molecular weight excluding hydrogens is 384 g/mol. The van der Waals surface area contributed by atoms with Gasteiger partial charge in [0.2, 0.25) is 5.91 Å². The topological polar surface area (TPSA) is 69.6 Å². The molecule has 5 nitrogen and oxygen atoms in total. The van der Waals surface area contributed by atoms with Gasteiger partial charge in [0.15, 0.2) is 0 Å². The van der Waals surface area contributed by atoms with Crippen molar-refractivity contribution in [3.63, 3.8) is 0 Å². The van der Waals surface area contributed by atoms with Crippen LogP contribution in [-0.4, -0.2) is 41.5 Å². The number of carboxylic acid groups (broad SMARTS) is 1. The summed E-state index contributed by atoms with van der Waals surface area (Å²) in [5, 5.41) is 14.4. The number of carbonyl (C=O) groups excluding carboxylic acids is 1. The number of nitrogens with one attached hydrogen (secondary N) is 1. The van der Waals surface area contributed by atoms with E-state index in [1.165, 1.54) is 0 Å². The van der Waals surface area contributed by atoms with Crippen LogP contribution in [0.25, 0.3) is 11.1 Å². The minimum absolute atomic E-state index is 0.200. The number of nitrogens with zero attached hydrogens (tertiary/aromatic N) is 1. The molecule has 6 heteroatoms. The van der Waals surface area contributed by atoms with Crippen LogP contribution in [0.1, 0.15) is 50.0 Å². The van der Waals surface area contributed by atoms with Gasteiger partial charge in [-0.1, -0.05) is 51.0 Å². The average molecular weight is 417 g/mol. The number of amides is 1. The summed E-state index contributed by atoms with van der Waals surface area (Å²) in [6.45, 7) is 5.31. The van der Waals surface area contributed by atoms with Crippen LogP contribution in [0.5, 0.6) is 0 Å². The van der Waals surface area contributed by atoms with Crippen LogP contribution in [0.4, 0.5) is 0 Å². The lowest BCUT2D eigenvalue weighted by atomic mass is 10.0. The van der Waals surface area contributed by atoms with Crippen LogP contribution < -0.4 is 5.32 Å². The van der Waals surface area contributed by atoms with Crippen molar-refractivity contribution in [2.24, 2.45) is 0 Å². The maximum atomic E-state index is 12.2. The first-order valence-electron chi connectivity index (χ1n) is 10.3. The van der Waals surface area contributed by atoms with E-state index >= 15 is 0 Å². The van der Waals surface area contributed by atoms with Crippen molar-refractivity contribution in [2.45, 2.75) is 58.5 Å². The molecule has 1 aromatic heterocycles. The maximum Gasteiger partial charge on any atom is 0.321 e. The zero-order chi connectivity index (χ0) is 21.2. The standard InChI is InChI=1S/C23H32N2O3S/c1-4-6-7-8-22(26)25(3)15-20-14-19(16-29-20)18-11-9-17(10-12-18)13-21(23(27)28)24-5-2/h9-12,14,16,21,24H,4-8,13,15H2,1-3H3,(H,27,28). The number of benzene rings is 1. The van der Waals surface area contributed by atoms with Gasteiger partial charge in [-0.05, 0) is 47.5 Å². The molecule has 1 unspecified atom stereocenters. The highest BCUT2D eigenvalue weighted by Crippen LogP contribution is 2.27. The minimum atomic E-state index is -0.827. The third kappa shape index (κ3) is 7.29. The third-order valence-electron chi connectivity index (χ3n) is 4.94. The summed E-state index contributed by atoms with van der Waals surface area (Å²) >= 11 is 1.66. The number of hydrogen-bond donors (Lipinski definition) is 2. The lowest BCUT2D eigenvalue weighted by Gasteiger charge is -2.16. The SMILES string of the molecule is CCCCCC(=O)N(C)Cc1cc(-c2ccc(CC(NCC)C(=O)O)cc2)cs1. The molecule has 2 aromatic rings. The Kier molecular flexibility index (Phi) is 9.35. The molecule has 2 N–H and O–H groups in total. The first-order valence-corrected chi connectivity index (χ1v) is 11.2. The van der Waals surface area contributed by atoms with E-state index in [2.05, 4.69) is 23.7 Å². The van der Waals surface area contributed by atoms with E-state index in [9.17, 15) is 14.7 Å². The van der Waals surface area contributed by atoms with Gasteiger partial charge >= 0.3 is 5.97 Å². The first kappa shape index (κ1) is 23.1. The fourth-order valence-corrected chi connectivity index (χ4v) is 4.16. The molecule has 2 rings (SSSR count). The van der Waals surface area contributed by atoms with E-state index < -0.39 is 12.0 Å². The molecule has 29 heavy (non-hydrogen) atoms. The van der Waals surface area contributed by atoms with Crippen molar-refractivity contribution in [3.8, 4) is 11.1 Å². The summed E-state index contributed by atoms with van der Waals surface area (Å²) in [5.74, 6) is -0.627. The summed E-state index contributed by atoms with van der Waals surface area (Å²) in [6.07, 6.45) is 4.26. The van der Waals surface area contributed by atoms with Crippen LogP contribution in [0.2, 0.25) is 0 Å². The van der Waals surface area contributed by atoms with E-state index in [0.29, 0.717) is 25.9 Å². The van der Waals surface area contributed by atoms with Crippen molar-refractivity contribution in [1.82, 2.24) is 10.2 Å². The fraction of sp³-hybridized carbons (Fsp3) is 0.478. The Morgan fingerprint density at radius 3 is 2.48 bits per heavy atom. The molecule has 1 heterocycles. The van der Waals surface area contributed by atoms with Crippen molar-refractivity contribution < 1.29 is 14.7 Å². The van der Waals surface area contributed by atoms with Gasteiger partial charge in [0.1, 0.15) is 6.04 Å². The van der Waals surface area contributed by atoms with E-state index in [1.807, 2.05) is 38.2 Å². The second kappa shape index (κ2) is 11.7. The molecule has 1 amide bonds. The summed E-state index contributed by atoms with van der Waals surface area (Å²) in [5.41, 5.74) is 3.23. The highest BCUT2D eigenvalue weighted by atomic mass is 32.1. The second-order valence-electron chi connectivity index (χ2n) is 7.36. The Hall–Kier alpha value is -2.18. The minimum Gasteiger partial charge on any atom is -0.480 e. The van der Waals surface area contributed by atoms with Gasteiger partial charge in [0, 0.05) is 18.3 Å². The van der Waals surface area contributed by atoms with Gasteiger partial charge in [0.05, 0.1) is 6.54 Å². The third-order valence-corrected chi connectivity index (χ3v) is 5.86. The first-order chi connectivity index (χ1) is 13.9. The zero-order valence-electron chi connectivity index (χ0n) is 17.6. The largest absolute Gasteiger partial charge is 0.480 e. The number of thiophene rings is 1. The summed E-state index contributed by atoms with van der Waals surface area (Å²) in [4.78, 5) is 26.5. The van der Waals surface area contributed by atoms with Crippen LogP contribution in [-0.2, 0) is 22.6 Å². The Bertz CT molecular complexity index is 786. The van der Waals surface area contributed by atoms with Crippen LogP contribution in [0.3, 0.4) is 0 Å². The predicted octanol–water partition coefficient (Wildman–Crippen LogP) is 4.56. The highest BCUT2D eigenvalue weighted by molar-refractivity contribution is 7.10. The van der Waals surface area contributed by atoms with E-state index in [4.69, 9.17) is 0 Å². The van der Waals surface area contributed by atoms with Gasteiger partial charge in [-0.25, -0.2) is 0 Å². The number of likely N-dealkylation sites (N-methyl/N-ethyl adjacent to an activating group) is 1. The summed E-state index contributed by atoms with van der Waals surface area (Å²) in [6, 6.07) is 9.61. The number of rotatable bonds is 12. The number of carbonyl (C=O) groups is 2. The number of aliphatic carboxylic acids is 1. The molecular formula is C23H32N2O3S. The van der Waals surface area contributed by atoms with Crippen LogP contribution in [0, 0.1) is 0 Å². The smallest absolute Gasteiger partial charge is 0.321 e. The molecule has 0 aliphatic carbocycles.